The largest absolute Gasteiger partial charge is 0.494 e. The predicted octanol–water partition coefficient (Wildman–Crippen LogP) is 1.53. The Morgan fingerprint density at radius 3 is 2.77 bits per heavy atom. The summed E-state index contributed by atoms with van der Waals surface area (Å²) in [6, 6.07) is 6.97. The van der Waals surface area contributed by atoms with Crippen LogP contribution >= 0.6 is 11.8 Å². The highest BCUT2D eigenvalue weighted by Crippen LogP contribution is 2.25. The van der Waals surface area contributed by atoms with Crippen molar-refractivity contribution in [3.8, 4) is 17.2 Å². The highest BCUT2D eigenvalue weighted by Gasteiger charge is 2.28. The monoisotopic (exact) mass is 397 g/mol. The average molecular weight is 397 g/mol. The zero-order valence-electron chi connectivity index (χ0n) is 14.2. The van der Waals surface area contributed by atoms with Gasteiger partial charge in [-0.25, -0.2) is 8.42 Å². The van der Waals surface area contributed by atoms with Gasteiger partial charge in [0.2, 0.25) is 11.8 Å². The van der Waals surface area contributed by atoms with Gasteiger partial charge in [-0.15, -0.1) is 10.2 Å². The molecule has 140 valence electrons. The molecule has 2 heterocycles. The number of benzene rings is 1. The van der Waals surface area contributed by atoms with Crippen LogP contribution in [0.4, 0.5) is 0 Å². The maximum atomic E-state index is 11.9. The van der Waals surface area contributed by atoms with Gasteiger partial charge in [0.1, 0.15) is 5.75 Å². The van der Waals surface area contributed by atoms with Gasteiger partial charge in [0.15, 0.2) is 9.84 Å². The van der Waals surface area contributed by atoms with Gasteiger partial charge >= 0.3 is 0 Å². The van der Waals surface area contributed by atoms with Crippen LogP contribution in [-0.4, -0.2) is 54.4 Å². The summed E-state index contributed by atoms with van der Waals surface area (Å²) >= 11 is 1.11. The lowest BCUT2D eigenvalue weighted by atomic mass is 10.2. The van der Waals surface area contributed by atoms with Crippen LogP contribution < -0.4 is 10.1 Å². The van der Waals surface area contributed by atoms with Crippen molar-refractivity contribution in [2.45, 2.75) is 24.6 Å². The second-order valence-corrected chi connectivity index (χ2v) is 8.94. The van der Waals surface area contributed by atoms with Crippen molar-refractivity contribution < 1.29 is 22.4 Å². The smallest absolute Gasteiger partial charge is 0.277 e. The Balaban J connectivity index is 1.51. The van der Waals surface area contributed by atoms with E-state index >= 15 is 0 Å². The first-order valence-corrected chi connectivity index (χ1v) is 11.0. The lowest BCUT2D eigenvalue weighted by molar-refractivity contribution is -0.119. The summed E-state index contributed by atoms with van der Waals surface area (Å²) in [6.07, 6.45) is 0.460. The molecule has 1 atom stereocenters. The first kappa shape index (κ1) is 18.7. The fraction of sp³-hybridized carbons (Fsp3) is 0.438. The molecule has 0 spiro atoms. The zero-order chi connectivity index (χ0) is 18.6. The number of nitrogens with one attached hydrogen (secondary N) is 1. The molecule has 1 aromatic carbocycles. The van der Waals surface area contributed by atoms with Crippen molar-refractivity contribution in [2.24, 2.45) is 0 Å². The van der Waals surface area contributed by atoms with Gasteiger partial charge in [0, 0.05) is 11.6 Å². The number of carbonyl (C=O) groups excluding carboxylic acids is 1. The van der Waals surface area contributed by atoms with Crippen molar-refractivity contribution in [2.75, 3.05) is 23.9 Å². The summed E-state index contributed by atoms with van der Waals surface area (Å²) in [5, 5.41) is 10.9. The summed E-state index contributed by atoms with van der Waals surface area (Å²) in [5.41, 5.74) is 0.758. The highest BCUT2D eigenvalue weighted by atomic mass is 32.2. The molecular formula is C16H19N3O5S2. The van der Waals surface area contributed by atoms with E-state index in [-0.39, 0.29) is 34.4 Å². The number of hydrogen-bond acceptors (Lipinski definition) is 8. The Morgan fingerprint density at radius 2 is 2.12 bits per heavy atom. The molecule has 1 amide bonds. The molecule has 1 aromatic heterocycles. The lowest BCUT2D eigenvalue weighted by Gasteiger charge is -2.09. The summed E-state index contributed by atoms with van der Waals surface area (Å²) in [4.78, 5) is 11.9. The minimum atomic E-state index is -3.01. The molecular weight excluding hydrogens is 378 g/mol. The number of rotatable bonds is 7. The molecule has 2 aromatic rings. The van der Waals surface area contributed by atoms with Crippen LogP contribution in [0.25, 0.3) is 11.5 Å². The van der Waals surface area contributed by atoms with E-state index in [1.807, 2.05) is 31.2 Å². The van der Waals surface area contributed by atoms with E-state index in [9.17, 15) is 13.2 Å². The van der Waals surface area contributed by atoms with E-state index in [1.165, 1.54) is 0 Å². The van der Waals surface area contributed by atoms with Gasteiger partial charge in [0.25, 0.3) is 5.22 Å². The van der Waals surface area contributed by atoms with Gasteiger partial charge in [-0.2, -0.15) is 0 Å². The molecule has 26 heavy (non-hydrogen) atoms. The van der Waals surface area contributed by atoms with E-state index in [2.05, 4.69) is 15.5 Å². The molecule has 0 aliphatic carbocycles. The summed E-state index contributed by atoms with van der Waals surface area (Å²) in [6.45, 7) is 2.51. The normalized spacial score (nSPS) is 18.6. The maximum absolute atomic E-state index is 11.9. The third-order valence-electron chi connectivity index (χ3n) is 3.74. The van der Waals surface area contributed by atoms with Crippen molar-refractivity contribution in [1.29, 1.82) is 0 Å². The third-order valence-corrected chi connectivity index (χ3v) is 6.33. The fourth-order valence-electron chi connectivity index (χ4n) is 2.55. The lowest BCUT2D eigenvalue weighted by Crippen LogP contribution is -2.36. The van der Waals surface area contributed by atoms with E-state index in [0.29, 0.717) is 18.9 Å². The number of sulfone groups is 1. The van der Waals surface area contributed by atoms with Crippen LogP contribution in [0.1, 0.15) is 13.3 Å². The SMILES string of the molecule is CCOc1ccc(-c2nnc(SCC(=O)N[C@H]3CCS(=O)(=O)C3)o2)cc1. The van der Waals surface area contributed by atoms with Crippen LogP contribution in [-0.2, 0) is 14.6 Å². The Morgan fingerprint density at radius 1 is 1.35 bits per heavy atom. The Hall–Kier alpha value is -2.07. The van der Waals surface area contributed by atoms with Crippen LogP contribution in [0.2, 0.25) is 0 Å². The van der Waals surface area contributed by atoms with E-state index in [1.54, 1.807) is 0 Å². The Bertz CT molecular complexity index is 864. The van der Waals surface area contributed by atoms with Crippen molar-refractivity contribution in [3.05, 3.63) is 24.3 Å². The first-order chi connectivity index (χ1) is 12.4. The molecule has 1 N–H and O–H groups in total. The van der Waals surface area contributed by atoms with Gasteiger partial charge in [0.05, 0.1) is 23.9 Å². The topological polar surface area (TPSA) is 111 Å². The second-order valence-electron chi connectivity index (χ2n) is 5.79. The average Bonchev–Trinajstić information content (AvgIpc) is 3.20. The van der Waals surface area contributed by atoms with Crippen LogP contribution in [0, 0.1) is 0 Å². The highest BCUT2D eigenvalue weighted by molar-refractivity contribution is 7.99. The molecule has 0 bridgehead atoms. The quantitative estimate of drug-likeness (QED) is 0.700. The number of nitrogens with zero attached hydrogens (tertiary/aromatic N) is 2. The van der Waals surface area contributed by atoms with Gasteiger partial charge < -0.3 is 14.5 Å². The molecule has 1 aliphatic heterocycles. The van der Waals surface area contributed by atoms with Crippen molar-refractivity contribution in [1.82, 2.24) is 15.5 Å². The zero-order valence-corrected chi connectivity index (χ0v) is 15.8. The summed E-state index contributed by atoms with van der Waals surface area (Å²) in [7, 11) is -3.01. The molecule has 0 saturated carbocycles. The number of carbonyl (C=O) groups is 1. The van der Waals surface area contributed by atoms with Crippen LogP contribution in [0.3, 0.4) is 0 Å². The molecule has 1 fully saturated rings. The Labute approximate surface area is 155 Å². The maximum Gasteiger partial charge on any atom is 0.277 e. The van der Waals surface area contributed by atoms with Crippen LogP contribution in [0.5, 0.6) is 5.75 Å². The minimum absolute atomic E-state index is 0.00581. The first-order valence-electron chi connectivity index (χ1n) is 8.14. The number of amides is 1. The Kier molecular flexibility index (Phi) is 5.82. The van der Waals surface area contributed by atoms with Gasteiger partial charge in [-0.05, 0) is 37.6 Å². The number of ether oxygens (including phenoxy) is 1. The second kappa shape index (κ2) is 8.09. The number of aromatic nitrogens is 2. The summed E-state index contributed by atoms with van der Waals surface area (Å²) in [5.74, 6) is 1.08. The molecule has 1 aliphatic rings. The number of hydrogen-bond donors (Lipinski definition) is 1. The third kappa shape index (κ3) is 4.98. The summed E-state index contributed by atoms with van der Waals surface area (Å²) < 4.78 is 33.7. The molecule has 3 rings (SSSR count). The van der Waals surface area contributed by atoms with Crippen LogP contribution in [0.15, 0.2) is 33.9 Å². The van der Waals surface area contributed by atoms with Gasteiger partial charge in [-0.3, -0.25) is 4.79 Å². The minimum Gasteiger partial charge on any atom is -0.494 e. The molecule has 10 heteroatoms. The van der Waals surface area contributed by atoms with E-state index < -0.39 is 9.84 Å². The predicted molar refractivity (Wildman–Crippen MR) is 96.8 cm³/mol. The van der Waals surface area contributed by atoms with Crippen molar-refractivity contribution in [3.63, 3.8) is 0 Å². The fourth-order valence-corrected chi connectivity index (χ4v) is 4.80. The van der Waals surface area contributed by atoms with Crippen molar-refractivity contribution >= 4 is 27.5 Å². The number of thioether (sulfide) groups is 1. The standard InChI is InChI=1S/C16H19N3O5S2/c1-2-23-13-5-3-11(4-6-13)15-18-19-16(24-15)25-9-14(20)17-12-7-8-26(21,22)10-12/h3-6,12H,2,7-10H2,1H3,(H,17,20)/t12-/m0/s1. The molecule has 8 nitrogen and oxygen atoms in total. The molecule has 0 unspecified atom stereocenters. The van der Waals surface area contributed by atoms with E-state index in [0.717, 1.165) is 23.1 Å². The van der Waals surface area contributed by atoms with E-state index in [4.69, 9.17) is 9.15 Å². The van der Waals surface area contributed by atoms with Gasteiger partial charge in [-0.1, -0.05) is 11.8 Å². The molecule has 1 saturated heterocycles. The molecule has 0 radical (unpaired) electrons.